The molecule has 6 heteroatoms. The minimum Gasteiger partial charge on any atom is -0.496 e. The Kier molecular flexibility index (Phi) is 6.17. The van der Waals surface area contributed by atoms with E-state index in [9.17, 15) is 9.59 Å². The number of rotatable bonds is 5. The number of hydrogen-bond acceptors (Lipinski definition) is 3. The zero-order chi connectivity index (χ0) is 18.2. The molecular weight excluding hydrogens is 318 g/mol. The van der Waals surface area contributed by atoms with Crippen LogP contribution >= 0.6 is 0 Å². The van der Waals surface area contributed by atoms with Crippen molar-refractivity contribution in [3.63, 3.8) is 0 Å². The van der Waals surface area contributed by atoms with Gasteiger partial charge in [0.25, 0.3) is 0 Å². The molecule has 0 saturated carbocycles. The van der Waals surface area contributed by atoms with Crippen LogP contribution < -0.4 is 20.7 Å². The van der Waals surface area contributed by atoms with Crippen LogP contribution in [-0.2, 0) is 4.79 Å². The summed E-state index contributed by atoms with van der Waals surface area (Å²) in [5.74, 6) is 0.446. The summed E-state index contributed by atoms with van der Waals surface area (Å²) in [5, 5.41) is 7.91. The summed E-state index contributed by atoms with van der Waals surface area (Å²) in [6.45, 7) is 1.85. The molecule has 0 radical (unpaired) electrons. The Balaban J connectivity index is 2.11. The van der Waals surface area contributed by atoms with Crippen LogP contribution in [0.4, 0.5) is 16.2 Å². The summed E-state index contributed by atoms with van der Waals surface area (Å²) in [6.07, 6.45) is 1.51. The number of benzene rings is 2. The number of urea groups is 1. The summed E-state index contributed by atoms with van der Waals surface area (Å²) in [7, 11) is 3.13. The molecule has 6 nitrogen and oxygen atoms in total. The van der Waals surface area contributed by atoms with Crippen LogP contribution in [0.3, 0.4) is 0 Å². The first-order valence-electron chi connectivity index (χ1n) is 7.75. The first kappa shape index (κ1) is 18.1. The van der Waals surface area contributed by atoms with E-state index in [1.807, 2.05) is 31.2 Å². The summed E-state index contributed by atoms with van der Waals surface area (Å²) in [6, 6.07) is 14.1. The second-order valence-corrected chi connectivity index (χ2v) is 5.30. The van der Waals surface area contributed by atoms with Crippen LogP contribution in [0.2, 0.25) is 0 Å². The van der Waals surface area contributed by atoms with E-state index in [2.05, 4.69) is 16.0 Å². The lowest BCUT2D eigenvalue weighted by atomic mass is 10.1. The highest BCUT2D eigenvalue weighted by Gasteiger charge is 2.07. The van der Waals surface area contributed by atoms with E-state index in [0.717, 1.165) is 11.1 Å². The van der Waals surface area contributed by atoms with Crippen molar-refractivity contribution in [2.45, 2.75) is 6.92 Å². The molecule has 2 rings (SSSR count). The number of ether oxygens (including phenoxy) is 1. The second kappa shape index (κ2) is 8.54. The molecule has 0 aliphatic heterocycles. The van der Waals surface area contributed by atoms with E-state index in [1.54, 1.807) is 31.4 Å². The summed E-state index contributed by atoms with van der Waals surface area (Å²) < 4.78 is 5.31. The Bertz CT molecular complexity index is 800. The highest BCUT2D eigenvalue weighted by molar-refractivity contribution is 6.04. The monoisotopic (exact) mass is 339 g/mol. The Morgan fingerprint density at radius 1 is 1.00 bits per heavy atom. The number of carbonyl (C=O) groups excluding carboxylic acids is 2. The van der Waals surface area contributed by atoms with Crippen LogP contribution in [0, 0.1) is 0 Å². The molecule has 0 bridgehead atoms. The van der Waals surface area contributed by atoms with Crippen LogP contribution in [0.5, 0.6) is 5.75 Å². The smallest absolute Gasteiger partial charge is 0.318 e. The van der Waals surface area contributed by atoms with Crippen molar-refractivity contribution < 1.29 is 14.3 Å². The van der Waals surface area contributed by atoms with Gasteiger partial charge >= 0.3 is 6.03 Å². The van der Waals surface area contributed by atoms with Crippen molar-refractivity contribution in [2.24, 2.45) is 0 Å². The topological polar surface area (TPSA) is 79.5 Å². The molecule has 0 aliphatic carbocycles. The zero-order valence-corrected chi connectivity index (χ0v) is 14.4. The van der Waals surface area contributed by atoms with Gasteiger partial charge in [0.1, 0.15) is 5.75 Å². The quantitative estimate of drug-likeness (QED) is 0.730. The van der Waals surface area contributed by atoms with Gasteiger partial charge in [-0.25, -0.2) is 4.79 Å². The van der Waals surface area contributed by atoms with Crippen molar-refractivity contribution in [1.29, 1.82) is 0 Å². The van der Waals surface area contributed by atoms with Gasteiger partial charge in [0, 0.05) is 30.1 Å². The van der Waals surface area contributed by atoms with Gasteiger partial charge in [-0.15, -0.1) is 0 Å². The molecule has 0 aromatic heterocycles. The SMILES string of the molecule is CNC(=O)Nc1cccc(NC(=O)C=C(C)c2ccccc2OC)c1. The molecule has 25 heavy (non-hydrogen) atoms. The largest absolute Gasteiger partial charge is 0.496 e. The minimum atomic E-state index is -0.324. The molecule has 0 heterocycles. The number of methoxy groups -OCH3 is 1. The molecule has 2 aromatic carbocycles. The number of carbonyl (C=O) groups is 2. The van der Waals surface area contributed by atoms with E-state index in [1.165, 1.54) is 13.1 Å². The van der Waals surface area contributed by atoms with Gasteiger partial charge < -0.3 is 20.7 Å². The van der Waals surface area contributed by atoms with Gasteiger partial charge in [-0.05, 0) is 36.8 Å². The lowest BCUT2D eigenvalue weighted by Crippen LogP contribution is -2.24. The summed E-state index contributed by atoms with van der Waals surface area (Å²) in [5.41, 5.74) is 2.82. The Hall–Kier alpha value is -3.28. The van der Waals surface area contributed by atoms with E-state index >= 15 is 0 Å². The number of allylic oxidation sites excluding steroid dienone is 1. The highest BCUT2D eigenvalue weighted by Crippen LogP contribution is 2.25. The molecule has 0 fully saturated rings. The number of amides is 3. The molecule has 0 aliphatic rings. The van der Waals surface area contributed by atoms with E-state index < -0.39 is 0 Å². The molecule has 0 unspecified atom stereocenters. The third-order valence-corrected chi connectivity index (χ3v) is 3.49. The molecule has 0 spiro atoms. The van der Waals surface area contributed by atoms with Crippen molar-refractivity contribution in [3.8, 4) is 5.75 Å². The maximum Gasteiger partial charge on any atom is 0.318 e. The predicted octanol–water partition coefficient (Wildman–Crippen LogP) is 3.49. The third kappa shape index (κ3) is 5.10. The van der Waals surface area contributed by atoms with Gasteiger partial charge in [-0.2, -0.15) is 0 Å². The first-order chi connectivity index (χ1) is 12.0. The van der Waals surface area contributed by atoms with Gasteiger partial charge in [-0.3, -0.25) is 4.79 Å². The maximum atomic E-state index is 12.3. The zero-order valence-electron chi connectivity index (χ0n) is 14.4. The van der Waals surface area contributed by atoms with E-state index in [0.29, 0.717) is 17.1 Å². The van der Waals surface area contributed by atoms with Gasteiger partial charge in [0.2, 0.25) is 5.91 Å². The van der Waals surface area contributed by atoms with E-state index in [4.69, 9.17) is 4.74 Å². The number of para-hydroxylation sites is 1. The average Bonchev–Trinajstić information content (AvgIpc) is 2.61. The first-order valence-corrected chi connectivity index (χ1v) is 7.75. The van der Waals surface area contributed by atoms with Gasteiger partial charge in [-0.1, -0.05) is 24.3 Å². The van der Waals surface area contributed by atoms with Crippen LogP contribution in [0.15, 0.2) is 54.6 Å². The van der Waals surface area contributed by atoms with Crippen LogP contribution in [-0.4, -0.2) is 26.1 Å². The second-order valence-electron chi connectivity index (χ2n) is 5.30. The fourth-order valence-corrected chi connectivity index (χ4v) is 2.29. The Morgan fingerprint density at radius 2 is 1.68 bits per heavy atom. The normalized spacial score (nSPS) is 10.8. The van der Waals surface area contributed by atoms with Crippen molar-refractivity contribution in [2.75, 3.05) is 24.8 Å². The lowest BCUT2D eigenvalue weighted by molar-refractivity contribution is -0.111. The molecule has 130 valence electrons. The molecule has 2 aromatic rings. The van der Waals surface area contributed by atoms with Crippen LogP contribution in [0.25, 0.3) is 5.57 Å². The highest BCUT2D eigenvalue weighted by atomic mass is 16.5. The predicted molar refractivity (Wildman–Crippen MR) is 99.8 cm³/mol. The molecular formula is C19H21N3O3. The van der Waals surface area contributed by atoms with Gasteiger partial charge in [0.15, 0.2) is 0 Å². The fraction of sp³-hybridized carbons (Fsp3) is 0.158. The number of hydrogen-bond donors (Lipinski definition) is 3. The van der Waals surface area contributed by atoms with Crippen molar-refractivity contribution >= 4 is 28.9 Å². The fourth-order valence-electron chi connectivity index (χ4n) is 2.29. The summed E-state index contributed by atoms with van der Waals surface area (Å²) >= 11 is 0. The molecule has 0 saturated heterocycles. The summed E-state index contributed by atoms with van der Waals surface area (Å²) in [4.78, 5) is 23.6. The van der Waals surface area contributed by atoms with E-state index in [-0.39, 0.29) is 11.9 Å². The third-order valence-electron chi connectivity index (χ3n) is 3.49. The number of anilines is 2. The Labute approximate surface area is 146 Å². The van der Waals surface area contributed by atoms with Crippen molar-refractivity contribution in [3.05, 3.63) is 60.2 Å². The number of nitrogens with one attached hydrogen (secondary N) is 3. The standard InChI is InChI=1S/C19H21N3O3/c1-13(16-9-4-5-10-17(16)25-3)11-18(23)21-14-7-6-8-15(12-14)22-19(24)20-2/h4-12H,1-3H3,(H,21,23)(H2,20,22,24). The minimum absolute atomic E-state index is 0.263. The van der Waals surface area contributed by atoms with Crippen LogP contribution in [0.1, 0.15) is 12.5 Å². The average molecular weight is 339 g/mol. The lowest BCUT2D eigenvalue weighted by Gasteiger charge is -2.09. The molecule has 0 atom stereocenters. The van der Waals surface area contributed by atoms with Crippen molar-refractivity contribution in [1.82, 2.24) is 5.32 Å². The van der Waals surface area contributed by atoms with Gasteiger partial charge in [0.05, 0.1) is 7.11 Å². The molecule has 3 N–H and O–H groups in total. The molecule has 3 amide bonds. The maximum absolute atomic E-state index is 12.3. The Morgan fingerprint density at radius 3 is 2.36 bits per heavy atom.